The molecule has 1 amide bonds. The molecule has 4 rings (SSSR count). The summed E-state index contributed by atoms with van der Waals surface area (Å²) in [6.07, 6.45) is 3.38. The van der Waals surface area contributed by atoms with Crippen LogP contribution < -0.4 is 10.4 Å². The van der Waals surface area contributed by atoms with Crippen LogP contribution in [-0.4, -0.2) is 34.8 Å². The van der Waals surface area contributed by atoms with Crippen molar-refractivity contribution in [2.24, 2.45) is 11.0 Å². The SMILES string of the molecule is CC1C(C(=O)NN2CCCCC2)=NN(c2ccccc2Cl)C1c1ccc(O)cc1. The van der Waals surface area contributed by atoms with E-state index in [4.69, 9.17) is 16.7 Å². The number of carbonyl (C=O) groups is 1. The van der Waals surface area contributed by atoms with Gasteiger partial charge in [-0.05, 0) is 42.7 Å². The van der Waals surface area contributed by atoms with Crippen LogP contribution in [0.25, 0.3) is 0 Å². The third kappa shape index (κ3) is 4.09. The maximum atomic E-state index is 13.0. The number of hydrogen-bond acceptors (Lipinski definition) is 5. The number of rotatable bonds is 4. The maximum Gasteiger partial charge on any atom is 0.282 e. The van der Waals surface area contributed by atoms with E-state index in [2.05, 4.69) is 5.43 Å². The van der Waals surface area contributed by atoms with E-state index < -0.39 is 0 Å². The van der Waals surface area contributed by atoms with E-state index in [-0.39, 0.29) is 23.6 Å². The van der Waals surface area contributed by atoms with Crippen molar-refractivity contribution in [2.75, 3.05) is 18.1 Å². The van der Waals surface area contributed by atoms with Crippen molar-refractivity contribution in [1.82, 2.24) is 10.4 Å². The maximum absolute atomic E-state index is 13.0. The lowest BCUT2D eigenvalue weighted by molar-refractivity contribution is -0.120. The lowest BCUT2D eigenvalue weighted by Gasteiger charge is -2.28. The van der Waals surface area contributed by atoms with E-state index in [0.29, 0.717) is 10.7 Å². The van der Waals surface area contributed by atoms with Gasteiger partial charge in [-0.3, -0.25) is 15.2 Å². The molecule has 1 fully saturated rings. The van der Waals surface area contributed by atoms with Crippen LogP contribution in [0.15, 0.2) is 53.6 Å². The van der Waals surface area contributed by atoms with Crippen molar-refractivity contribution in [2.45, 2.75) is 32.2 Å². The summed E-state index contributed by atoms with van der Waals surface area (Å²) in [5.41, 5.74) is 5.21. The van der Waals surface area contributed by atoms with Crippen molar-refractivity contribution in [3.8, 4) is 5.75 Å². The van der Waals surface area contributed by atoms with E-state index in [1.165, 1.54) is 6.42 Å². The standard InChI is InChI=1S/C22H25ClN4O2/c1-15-20(22(29)25-26-13-5-2-6-14-26)24-27(19-8-4-3-7-18(19)23)21(15)16-9-11-17(28)12-10-16/h3-4,7-12,15,21,28H,2,5-6,13-14H2,1H3,(H,25,29). The number of benzene rings is 2. The van der Waals surface area contributed by atoms with Gasteiger partial charge in [-0.25, -0.2) is 5.01 Å². The molecule has 6 nitrogen and oxygen atoms in total. The Labute approximate surface area is 175 Å². The zero-order valence-electron chi connectivity index (χ0n) is 16.4. The van der Waals surface area contributed by atoms with Crippen LogP contribution in [0.3, 0.4) is 0 Å². The molecule has 2 N–H and O–H groups in total. The predicted molar refractivity (Wildman–Crippen MR) is 115 cm³/mol. The van der Waals surface area contributed by atoms with E-state index in [1.54, 1.807) is 12.1 Å². The number of nitrogens with one attached hydrogen (secondary N) is 1. The number of phenols is 1. The highest BCUT2D eigenvalue weighted by Crippen LogP contribution is 2.41. The van der Waals surface area contributed by atoms with Crippen molar-refractivity contribution >= 4 is 28.9 Å². The van der Waals surface area contributed by atoms with Crippen LogP contribution in [-0.2, 0) is 4.79 Å². The van der Waals surface area contributed by atoms with Gasteiger partial charge in [0.15, 0.2) is 0 Å². The fraction of sp³-hybridized carbons (Fsp3) is 0.364. The number of halogens is 1. The summed E-state index contributed by atoms with van der Waals surface area (Å²) in [6, 6.07) is 14.3. The fourth-order valence-corrected chi connectivity index (χ4v) is 4.25. The molecule has 0 radical (unpaired) electrons. The molecule has 2 atom stereocenters. The lowest BCUT2D eigenvalue weighted by Crippen LogP contribution is -2.48. The minimum absolute atomic E-state index is 0.152. The molecule has 0 aromatic heterocycles. The highest BCUT2D eigenvalue weighted by atomic mass is 35.5. The summed E-state index contributed by atoms with van der Waals surface area (Å²) in [6.45, 7) is 3.73. The van der Waals surface area contributed by atoms with Crippen LogP contribution in [0.1, 0.15) is 37.8 Å². The zero-order chi connectivity index (χ0) is 20.4. The summed E-state index contributed by atoms with van der Waals surface area (Å²) >= 11 is 6.45. The first-order valence-corrected chi connectivity index (χ1v) is 10.4. The Morgan fingerprint density at radius 3 is 2.48 bits per heavy atom. The second-order valence-electron chi connectivity index (χ2n) is 7.59. The Balaban J connectivity index is 1.66. The minimum Gasteiger partial charge on any atom is -0.508 e. The van der Waals surface area contributed by atoms with Crippen molar-refractivity contribution in [3.05, 3.63) is 59.1 Å². The molecular formula is C22H25ClN4O2. The molecule has 2 heterocycles. The zero-order valence-corrected chi connectivity index (χ0v) is 17.1. The van der Waals surface area contributed by atoms with Gasteiger partial charge in [-0.2, -0.15) is 5.10 Å². The molecule has 29 heavy (non-hydrogen) atoms. The highest BCUT2D eigenvalue weighted by Gasteiger charge is 2.40. The van der Waals surface area contributed by atoms with E-state index >= 15 is 0 Å². The number of hydrogen-bond donors (Lipinski definition) is 2. The molecule has 2 aromatic rings. The molecule has 2 unspecified atom stereocenters. The van der Waals surface area contributed by atoms with Gasteiger partial charge in [0, 0.05) is 19.0 Å². The van der Waals surface area contributed by atoms with E-state index in [9.17, 15) is 9.90 Å². The van der Waals surface area contributed by atoms with Crippen LogP contribution in [0, 0.1) is 5.92 Å². The highest BCUT2D eigenvalue weighted by molar-refractivity contribution is 6.40. The molecule has 0 bridgehead atoms. The summed E-state index contributed by atoms with van der Waals surface area (Å²) in [5.74, 6) is -0.119. The van der Waals surface area contributed by atoms with Crippen LogP contribution in [0.5, 0.6) is 5.75 Å². The number of nitrogens with zero attached hydrogens (tertiary/aromatic N) is 3. The van der Waals surface area contributed by atoms with Gasteiger partial charge < -0.3 is 5.11 Å². The van der Waals surface area contributed by atoms with Gasteiger partial charge in [-0.1, -0.05) is 49.2 Å². The Bertz CT molecular complexity index is 909. The predicted octanol–water partition coefficient (Wildman–Crippen LogP) is 4.12. The van der Waals surface area contributed by atoms with Crippen molar-refractivity contribution < 1.29 is 9.90 Å². The molecule has 7 heteroatoms. The molecule has 1 saturated heterocycles. The molecular weight excluding hydrogens is 388 g/mol. The van der Waals surface area contributed by atoms with Crippen molar-refractivity contribution in [3.63, 3.8) is 0 Å². The summed E-state index contributed by atoms with van der Waals surface area (Å²) in [4.78, 5) is 13.0. The quantitative estimate of drug-likeness (QED) is 0.792. The third-order valence-corrected chi connectivity index (χ3v) is 5.89. The topological polar surface area (TPSA) is 68.2 Å². The van der Waals surface area contributed by atoms with E-state index in [0.717, 1.165) is 37.2 Å². The Hall–Kier alpha value is -2.57. The number of para-hydroxylation sites is 1. The Kier molecular flexibility index (Phi) is 5.74. The van der Waals surface area contributed by atoms with Gasteiger partial charge in [0.2, 0.25) is 0 Å². The van der Waals surface area contributed by atoms with Crippen LogP contribution in [0.4, 0.5) is 5.69 Å². The number of anilines is 1. The Morgan fingerprint density at radius 2 is 1.79 bits per heavy atom. The number of amides is 1. The first-order valence-electron chi connectivity index (χ1n) is 10.0. The summed E-state index contributed by atoms with van der Waals surface area (Å²) in [5, 5.41) is 18.8. The van der Waals surface area contributed by atoms with Gasteiger partial charge in [0.05, 0.1) is 16.8 Å². The smallest absolute Gasteiger partial charge is 0.282 e. The number of phenolic OH excluding ortho intramolecular Hbond substituents is 1. The van der Waals surface area contributed by atoms with Gasteiger partial charge in [0.1, 0.15) is 11.5 Å². The number of carbonyl (C=O) groups excluding carboxylic acids is 1. The number of hydrazine groups is 1. The molecule has 0 aliphatic carbocycles. The van der Waals surface area contributed by atoms with Crippen molar-refractivity contribution in [1.29, 1.82) is 0 Å². The van der Waals surface area contributed by atoms with Crippen LogP contribution in [0.2, 0.25) is 5.02 Å². The fourth-order valence-electron chi connectivity index (χ4n) is 4.03. The largest absolute Gasteiger partial charge is 0.508 e. The molecule has 2 aliphatic heterocycles. The monoisotopic (exact) mass is 412 g/mol. The van der Waals surface area contributed by atoms with Gasteiger partial charge >= 0.3 is 0 Å². The van der Waals surface area contributed by atoms with Crippen LogP contribution >= 0.6 is 11.6 Å². The first kappa shape index (κ1) is 19.7. The number of piperidine rings is 1. The molecule has 0 saturated carbocycles. The van der Waals surface area contributed by atoms with Gasteiger partial charge in [-0.15, -0.1) is 0 Å². The first-order chi connectivity index (χ1) is 14.0. The van der Waals surface area contributed by atoms with Gasteiger partial charge in [0.25, 0.3) is 5.91 Å². The molecule has 2 aliphatic rings. The molecule has 2 aromatic carbocycles. The normalized spacial score (nSPS) is 22.4. The number of aromatic hydroxyl groups is 1. The third-order valence-electron chi connectivity index (χ3n) is 5.57. The average molecular weight is 413 g/mol. The second kappa shape index (κ2) is 8.43. The summed E-state index contributed by atoms with van der Waals surface area (Å²) < 4.78 is 0. The lowest BCUT2D eigenvalue weighted by atomic mass is 9.91. The second-order valence-corrected chi connectivity index (χ2v) is 8.00. The summed E-state index contributed by atoms with van der Waals surface area (Å²) in [7, 11) is 0. The Morgan fingerprint density at radius 1 is 1.10 bits per heavy atom. The molecule has 152 valence electrons. The number of hydrazone groups is 1. The van der Waals surface area contributed by atoms with E-state index in [1.807, 2.05) is 53.3 Å². The molecule has 0 spiro atoms. The minimum atomic E-state index is -0.197. The average Bonchev–Trinajstić information content (AvgIpc) is 3.07.